The van der Waals surface area contributed by atoms with Gasteiger partial charge in [-0.15, -0.1) is 0 Å². The molecule has 0 atom stereocenters. The number of unbranched alkanes of at least 4 members (excludes halogenated alkanes) is 3. The molecule has 1 amide bonds. The first-order valence-electron chi connectivity index (χ1n) is 15.5. The van der Waals surface area contributed by atoms with Gasteiger partial charge in [-0.3, -0.25) is 4.79 Å². The summed E-state index contributed by atoms with van der Waals surface area (Å²) in [6, 6.07) is 24.3. The Morgan fingerprint density at radius 2 is 1.34 bits per heavy atom. The summed E-state index contributed by atoms with van der Waals surface area (Å²) in [4.78, 5) is 18.4. The maximum atomic E-state index is 13.8. The fourth-order valence-electron chi connectivity index (χ4n) is 4.88. The Kier molecular flexibility index (Phi) is 14.3. The summed E-state index contributed by atoms with van der Waals surface area (Å²) in [5.74, 6) is 1.45. The van der Waals surface area contributed by atoms with Gasteiger partial charge in [-0.1, -0.05) is 88.6 Å². The average molecular weight is 559 g/mol. The molecule has 0 saturated carbocycles. The van der Waals surface area contributed by atoms with Crippen molar-refractivity contribution in [2.75, 3.05) is 33.3 Å². The summed E-state index contributed by atoms with van der Waals surface area (Å²) >= 11 is 0. The van der Waals surface area contributed by atoms with E-state index in [1.165, 1.54) is 37.7 Å². The van der Waals surface area contributed by atoms with E-state index in [1.807, 2.05) is 65.6 Å². The minimum Gasteiger partial charge on any atom is -0.493 e. The van der Waals surface area contributed by atoms with E-state index in [2.05, 4.69) is 37.8 Å². The van der Waals surface area contributed by atoms with Crippen LogP contribution in [0.3, 0.4) is 0 Å². The van der Waals surface area contributed by atoms with Crippen molar-refractivity contribution in [2.45, 2.75) is 78.9 Å². The van der Waals surface area contributed by atoms with Crippen LogP contribution in [0.25, 0.3) is 0 Å². The average Bonchev–Trinajstić information content (AvgIpc) is 3.02. The largest absolute Gasteiger partial charge is 0.493 e. The second kappa shape index (κ2) is 18.2. The number of ether oxygens (including phenoxy) is 2. The van der Waals surface area contributed by atoms with Gasteiger partial charge in [0.1, 0.15) is 6.61 Å². The van der Waals surface area contributed by atoms with E-state index in [0.29, 0.717) is 31.2 Å². The van der Waals surface area contributed by atoms with Gasteiger partial charge in [-0.2, -0.15) is 0 Å². The van der Waals surface area contributed by atoms with E-state index in [-0.39, 0.29) is 5.91 Å². The first-order chi connectivity index (χ1) is 20.1. The van der Waals surface area contributed by atoms with Crippen LogP contribution < -0.4 is 9.47 Å². The molecule has 0 unspecified atom stereocenters. The molecule has 0 aliphatic rings. The molecule has 0 saturated heterocycles. The maximum absolute atomic E-state index is 13.8. The summed E-state index contributed by atoms with van der Waals surface area (Å²) < 4.78 is 11.8. The van der Waals surface area contributed by atoms with Crippen molar-refractivity contribution in [2.24, 2.45) is 0 Å². The van der Waals surface area contributed by atoms with Crippen molar-refractivity contribution >= 4 is 5.91 Å². The summed E-state index contributed by atoms with van der Waals surface area (Å²) in [7, 11) is 1.66. The highest BCUT2D eigenvalue weighted by Gasteiger charge is 2.19. The molecule has 5 nitrogen and oxygen atoms in total. The van der Waals surface area contributed by atoms with Gasteiger partial charge < -0.3 is 19.3 Å². The lowest BCUT2D eigenvalue weighted by Crippen LogP contribution is -2.39. The SMILES string of the molecule is CCCCc1ccc(C(=O)N(CCN(CCCC)CCCC)Cc2ccc(OCc3ccccc3)c(OC)c2)cc1. The van der Waals surface area contributed by atoms with Crippen molar-refractivity contribution < 1.29 is 14.3 Å². The van der Waals surface area contributed by atoms with Crippen LogP contribution in [0.2, 0.25) is 0 Å². The van der Waals surface area contributed by atoms with Gasteiger partial charge in [0.05, 0.1) is 7.11 Å². The monoisotopic (exact) mass is 558 g/mol. The molecule has 3 aromatic rings. The molecular formula is C36H50N2O3. The number of carbonyl (C=O) groups is 1. The number of aryl methyl sites for hydroxylation is 1. The first kappa shape index (κ1) is 32.2. The molecule has 0 N–H and O–H groups in total. The van der Waals surface area contributed by atoms with Crippen LogP contribution in [-0.4, -0.2) is 49.0 Å². The first-order valence-corrected chi connectivity index (χ1v) is 15.5. The molecule has 0 aromatic heterocycles. The molecule has 0 heterocycles. The minimum absolute atomic E-state index is 0.0707. The number of rotatable bonds is 19. The van der Waals surface area contributed by atoms with E-state index in [1.54, 1.807) is 7.11 Å². The molecule has 0 bridgehead atoms. The third-order valence-corrected chi connectivity index (χ3v) is 7.49. The second-order valence-corrected chi connectivity index (χ2v) is 10.8. The molecular weight excluding hydrogens is 508 g/mol. The van der Waals surface area contributed by atoms with E-state index < -0.39 is 0 Å². The zero-order valence-corrected chi connectivity index (χ0v) is 25.7. The zero-order chi connectivity index (χ0) is 29.3. The molecule has 0 spiro atoms. The van der Waals surface area contributed by atoms with Crippen LogP contribution in [-0.2, 0) is 19.6 Å². The van der Waals surface area contributed by atoms with E-state index in [9.17, 15) is 4.79 Å². The van der Waals surface area contributed by atoms with Crippen LogP contribution in [0, 0.1) is 0 Å². The van der Waals surface area contributed by atoms with Crippen molar-refractivity contribution in [3.8, 4) is 11.5 Å². The number of amides is 1. The Hall–Kier alpha value is -3.31. The van der Waals surface area contributed by atoms with Gasteiger partial charge in [0.25, 0.3) is 5.91 Å². The number of methoxy groups -OCH3 is 1. The van der Waals surface area contributed by atoms with Crippen LogP contribution in [0.5, 0.6) is 11.5 Å². The number of hydrogen-bond donors (Lipinski definition) is 0. The van der Waals surface area contributed by atoms with Gasteiger partial charge in [0.2, 0.25) is 0 Å². The van der Waals surface area contributed by atoms with Gasteiger partial charge in [-0.05, 0) is 79.7 Å². The zero-order valence-electron chi connectivity index (χ0n) is 25.7. The van der Waals surface area contributed by atoms with E-state index in [0.717, 1.165) is 49.2 Å². The number of hydrogen-bond acceptors (Lipinski definition) is 4. The summed E-state index contributed by atoms with van der Waals surface area (Å²) in [6.45, 7) is 11.4. The molecule has 3 rings (SSSR count). The number of carbonyl (C=O) groups excluding carboxylic acids is 1. The quantitative estimate of drug-likeness (QED) is 0.149. The maximum Gasteiger partial charge on any atom is 0.254 e. The molecule has 3 aromatic carbocycles. The molecule has 0 aliphatic heterocycles. The minimum atomic E-state index is 0.0707. The second-order valence-electron chi connectivity index (χ2n) is 10.8. The molecule has 5 heteroatoms. The molecule has 222 valence electrons. The third-order valence-electron chi connectivity index (χ3n) is 7.49. The molecule has 0 aliphatic carbocycles. The Labute approximate surface area is 248 Å². The fraction of sp³-hybridized carbons (Fsp3) is 0.472. The predicted octanol–water partition coefficient (Wildman–Crippen LogP) is 8.16. The van der Waals surface area contributed by atoms with Crippen molar-refractivity contribution in [1.29, 1.82) is 0 Å². The Morgan fingerprint density at radius 1 is 0.683 bits per heavy atom. The lowest BCUT2D eigenvalue weighted by atomic mass is 10.1. The molecule has 0 radical (unpaired) electrons. The lowest BCUT2D eigenvalue weighted by Gasteiger charge is -2.28. The summed E-state index contributed by atoms with van der Waals surface area (Å²) in [5.41, 5.74) is 4.16. The van der Waals surface area contributed by atoms with Gasteiger partial charge in [0, 0.05) is 25.2 Å². The van der Waals surface area contributed by atoms with Crippen molar-refractivity contribution in [3.63, 3.8) is 0 Å². The van der Waals surface area contributed by atoms with Crippen LogP contribution in [0.15, 0.2) is 72.8 Å². The van der Waals surface area contributed by atoms with Crippen molar-refractivity contribution in [1.82, 2.24) is 9.80 Å². The Morgan fingerprint density at radius 3 is 1.98 bits per heavy atom. The van der Waals surface area contributed by atoms with Gasteiger partial charge >= 0.3 is 0 Å². The van der Waals surface area contributed by atoms with Gasteiger partial charge in [0.15, 0.2) is 11.5 Å². The third kappa shape index (κ3) is 10.9. The molecule has 0 fully saturated rings. The number of benzene rings is 3. The van der Waals surface area contributed by atoms with Crippen LogP contribution in [0.1, 0.15) is 86.3 Å². The van der Waals surface area contributed by atoms with E-state index >= 15 is 0 Å². The summed E-state index contributed by atoms with van der Waals surface area (Å²) in [6.07, 6.45) is 8.09. The highest BCUT2D eigenvalue weighted by atomic mass is 16.5. The van der Waals surface area contributed by atoms with Gasteiger partial charge in [-0.25, -0.2) is 0 Å². The normalized spacial score (nSPS) is 11.0. The van der Waals surface area contributed by atoms with Crippen molar-refractivity contribution in [3.05, 3.63) is 95.1 Å². The highest BCUT2D eigenvalue weighted by molar-refractivity contribution is 5.94. The summed E-state index contributed by atoms with van der Waals surface area (Å²) in [5, 5.41) is 0. The smallest absolute Gasteiger partial charge is 0.254 e. The lowest BCUT2D eigenvalue weighted by molar-refractivity contribution is 0.0720. The van der Waals surface area contributed by atoms with Crippen LogP contribution >= 0.6 is 0 Å². The number of nitrogens with zero attached hydrogens (tertiary/aromatic N) is 2. The topological polar surface area (TPSA) is 42.0 Å². The van der Waals surface area contributed by atoms with Crippen LogP contribution in [0.4, 0.5) is 0 Å². The van der Waals surface area contributed by atoms with E-state index in [4.69, 9.17) is 9.47 Å². The highest BCUT2D eigenvalue weighted by Crippen LogP contribution is 2.29. The Balaban J connectivity index is 1.77. The molecule has 41 heavy (non-hydrogen) atoms. The standard InChI is InChI=1S/C36H50N2O3/c1-5-8-14-30-17-20-33(21-18-30)36(39)38(26-25-37(23-9-6-2)24-10-7-3)28-32-19-22-34(35(27-32)40-4)41-29-31-15-12-11-13-16-31/h11-13,15-22,27H,5-10,14,23-26,28-29H2,1-4H3. The fourth-order valence-corrected chi connectivity index (χ4v) is 4.88. The Bertz CT molecular complexity index is 1140. The predicted molar refractivity (Wildman–Crippen MR) is 170 cm³/mol.